The molecule has 1 aliphatic heterocycles. The summed E-state index contributed by atoms with van der Waals surface area (Å²) in [5, 5.41) is 0. The monoisotopic (exact) mass is 267 g/mol. The number of hydrogen-bond donors (Lipinski definition) is 0. The number of cyclic esters (lactones) is 1. The van der Waals surface area contributed by atoms with Crippen LogP contribution in [0.2, 0.25) is 0 Å². The molecule has 0 spiro atoms. The molecule has 0 saturated carbocycles. The van der Waals surface area contributed by atoms with Gasteiger partial charge in [-0.15, -0.1) is 0 Å². The van der Waals surface area contributed by atoms with Gasteiger partial charge in [-0.05, 0) is 23.8 Å². The van der Waals surface area contributed by atoms with Gasteiger partial charge in [0, 0.05) is 12.8 Å². The highest BCUT2D eigenvalue weighted by molar-refractivity contribution is 6.07. The Bertz CT molecular complexity index is 654. The molecule has 4 heteroatoms. The number of benzene rings is 1. The van der Waals surface area contributed by atoms with E-state index in [4.69, 9.17) is 9.15 Å². The minimum Gasteiger partial charge on any atom is -0.469 e. The maximum Gasteiger partial charge on any atom is 0.363 e. The van der Waals surface area contributed by atoms with Gasteiger partial charge in [-0.25, -0.2) is 9.79 Å². The lowest BCUT2D eigenvalue weighted by molar-refractivity contribution is -0.130. The summed E-state index contributed by atoms with van der Waals surface area (Å²) < 4.78 is 10.4. The average Bonchev–Trinajstić information content (AvgIpc) is 3.08. The molecule has 0 fully saturated rings. The van der Waals surface area contributed by atoms with Gasteiger partial charge < -0.3 is 9.15 Å². The van der Waals surface area contributed by atoms with Crippen molar-refractivity contribution in [3.8, 4) is 0 Å². The fourth-order valence-electron chi connectivity index (χ4n) is 1.95. The number of nitrogens with zero attached hydrogens (tertiary/aromatic N) is 1. The van der Waals surface area contributed by atoms with Gasteiger partial charge in [-0.1, -0.05) is 30.3 Å². The molecule has 1 aliphatic rings. The van der Waals surface area contributed by atoms with Crippen LogP contribution in [0.3, 0.4) is 0 Å². The van der Waals surface area contributed by atoms with Crippen molar-refractivity contribution < 1.29 is 13.9 Å². The molecule has 0 bridgehead atoms. The lowest BCUT2D eigenvalue weighted by Gasteiger charge is -1.96. The Morgan fingerprint density at radius 3 is 2.65 bits per heavy atom. The Balaban J connectivity index is 1.70. The van der Waals surface area contributed by atoms with Crippen molar-refractivity contribution in [1.29, 1.82) is 0 Å². The largest absolute Gasteiger partial charge is 0.469 e. The summed E-state index contributed by atoms with van der Waals surface area (Å²) in [6, 6.07) is 13.3. The first kappa shape index (κ1) is 12.4. The predicted molar refractivity (Wildman–Crippen MR) is 75.0 cm³/mol. The van der Waals surface area contributed by atoms with Crippen molar-refractivity contribution in [1.82, 2.24) is 0 Å². The van der Waals surface area contributed by atoms with Crippen LogP contribution in [0.4, 0.5) is 0 Å². The van der Waals surface area contributed by atoms with Crippen LogP contribution in [0.25, 0.3) is 6.08 Å². The third kappa shape index (κ3) is 2.85. The fourth-order valence-corrected chi connectivity index (χ4v) is 1.95. The maximum absolute atomic E-state index is 11.7. The molecule has 0 saturated heterocycles. The minimum absolute atomic E-state index is 0.339. The first-order valence-corrected chi connectivity index (χ1v) is 6.40. The Morgan fingerprint density at radius 2 is 1.90 bits per heavy atom. The Morgan fingerprint density at radius 1 is 1.05 bits per heavy atom. The molecule has 4 nitrogen and oxygen atoms in total. The second-order valence-electron chi connectivity index (χ2n) is 4.41. The SMILES string of the molecule is O=C1OC(CCc2ccco2)=N/C1=C/c1ccccc1. The zero-order valence-electron chi connectivity index (χ0n) is 10.8. The van der Waals surface area contributed by atoms with Crippen LogP contribution in [-0.2, 0) is 16.0 Å². The number of aryl methyl sites for hydroxylation is 1. The molecule has 0 aliphatic carbocycles. The molecule has 2 heterocycles. The number of carbonyl (C=O) groups is 1. The van der Waals surface area contributed by atoms with E-state index in [1.165, 1.54) is 0 Å². The van der Waals surface area contributed by atoms with Crippen LogP contribution in [0.15, 0.2) is 63.8 Å². The van der Waals surface area contributed by atoms with E-state index in [-0.39, 0.29) is 0 Å². The summed E-state index contributed by atoms with van der Waals surface area (Å²) in [4.78, 5) is 15.9. The van der Waals surface area contributed by atoms with Crippen molar-refractivity contribution in [2.75, 3.05) is 0 Å². The molecule has 3 rings (SSSR count). The maximum atomic E-state index is 11.7. The van der Waals surface area contributed by atoms with E-state index in [1.54, 1.807) is 12.3 Å². The van der Waals surface area contributed by atoms with E-state index in [9.17, 15) is 4.79 Å². The van der Waals surface area contributed by atoms with E-state index in [2.05, 4.69) is 4.99 Å². The third-order valence-corrected chi connectivity index (χ3v) is 2.93. The molecule has 1 aromatic carbocycles. The highest BCUT2D eigenvalue weighted by atomic mass is 16.6. The topological polar surface area (TPSA) is 51.8 Å². The highest BCUT2D eigenvalue weighted by Gasteiger charge is 2.22. The summed E-state index contributed by atoms with van der Waals surface area (Å²) in [6.07, 6.45) is 4.56. The van der Waals surface area contributed by atoms with Crippen molar-refractivity contribution in [3.05, 3.63) is 65.7 Å². The van der Waals surface area contributed by atoms with Crippen molar-refractivity contribution >= 4 is 17.9 Å². The van der Waals surface area contributed by atoms with Gasteiger partial charge in [0.15, 0.2) is 11.6 Å². The van der Waals surface area contributed by atoms with Gasteiger partial charge >= 0.3 is 5.97 Å². The van der Waals surface area contributed by atoms with Crippen LogP contribution in [0, 0.1) is 0 Å². The lowest BCUT2D eigenvalue weighted by atomic mass is 10.2. The molecule has 20 heavy (non-hydrogen) atoms. The van der Waals surface area contributed by atoms with Gasteiger partial charge in [0.05, 0.1) is 6.26 Å². The number of carbonyl (C=O) groups excluding carboxylic acids is 1. The van der Waals surface area contributed by atoms with Crippen LogP contribution in [0.5, 0.6) is 0 Å². The van der Waals surface area contributed by atoms with Gasteiger partial charge in [-0.3, -0.25) is 0 Å². The number of esters is 1. The fraction of sp³-hybridized carbons (Fsp3) is 0.125. The van der Waals surface area contributed by atoms with E-state index in [0.29, 0.717) is 24.4 Å². The van der Waals surface area contributed by atoms with E-state index >= 15 is 0 Å². The molecule has 0 atom stereocenters. The zero-order valence-corrected chi connectivity index (χ0v) is 10.8. The number of aliphatic imine (C=N–C) groups is 1. The van der Waals surface area contributed by atoms with Crippen LogP contribution < -0.4 is 0 Å². The quantitative estimate of drug-likeness (QED) is 0.631. The molecular formula is C16H13NO3. The standard InChI is InChI=1S/C16H13NO3/c18-16-14(11-12-5-2-1-3-6-12)17-15(20-16)9-8-13-7-4-10-19-13/h1-7,10-11H,8-9H2/b14-11+. The summed E-state index contributed by atoms with van der Waals surface area (Å²) in [5.74, 6) is 0.890. The molecule has 100 valence electrons. The number of furan rings is 1. The number of ether oxygens (including phenoxy) is 1. The number of rotatable bonds is 4. The Kier molecular flexibility index (Phi) is 3.46. The smallest absolute Gasteiger partial charge is 0.363 e. The normalized spacial score (nSPS) is 16.3. The van der Waals surface area contributed by atoms with Gasteiger partial charge in [-0.2, -0.15) is 0 Å². The molecular weight excluding hydrogens is 254 g/mol. The molecule has 0 amide bonds. The third-order valence-electron chi connectivity index (χ3n) is 2.93. The zero-order chi connectivity index (χ0) is 13.8. The highest BCUT2D eigenvalue weighted by Crippen LogP contribution is 2.17. The van der Waals surface area contributed by atoms with Crippen LogP contribution in [-0.4, -0.2) is 11.9 Å². The van der Waals surface area contributed by atoms with Gasteiger partial charge in [0.2, 0.25) is 0 Å². The summed E-state index contributed by atoms with van der Waals surface area (Å²) in [5.41, 5.74) is 1.26. The van der Waals surface area contributed by atoms with Crippen molar-refractivity contribution in [2.24, 2.45) is 4.99 Å². The lowest BCUT2D eigenvalue weighted by Crippen LogP contribution is -2.04. The first-order valence-electron chi connectivity index (χ1n) is 6.40. The molecule has 0 unspecified atom stereocenters. The van der Waals surface area contributed by atoms with Crippen LogP contribution in [0.1, 0.15) is 17.7 Å². The second kappa shape index (κ2) is 5.57. The first-order chi connectivity index (χ1) is 9.81. The predicted octanol–water partition coefficient (Wildman–Crippen LogP) is 3.21. The van der Waals surface area contributed by atoms with E-state index in [0.717, 1.165) is 11.3 Å². The second-order valence-corrected chi connectivity index (χ2v) is 4.41. The number of hydrogen-bond acceptors (Lipinski definition) is 4. The van der Waals surface area contributed by atoms with Crippen LogP contribution >= 0.6 is 0 Å². The van der Waals surface area contributed by atoms with E-state index in [1.807, 2.05) is 42.5 Å². The minimum atomic E-state index is -0.400. The Hall–Kier alpha value is -2.62. The summed E-state index contributed by atoms with van der Waals surface area (Å²) >= 11 is 0. The van der Waals surface area contributed by atoms with Gasteiger partial charge in [0.25, 0.3) is 0 Å². The molecule has 2 aromatic rings. The molecule has 1 aromatic heterocycles. The summed E-state index contributed by atoms with van der Waals surface area (Å²) in [7, 11) is 0. The molecule has 0 N–H and O–H groups in total. The average molecular weight is 267 g/mol. The van der Waals surface area contributed by atoms with E-state index < -0.39 is 5.97 Å². The van der Waals surface area contributed by atoms with Crippen molar-refractivity contribution in [2.45, 2.75) is 12.8 Å². The Labute approximate surface area is 116 Å². The molecule has 0 radical (unpaired) electrons. The summed E-state index contributed by atoms with van der Waals surface area (Å²) in [6.45, 7) is 0. The van der Waals surface area contributed by atoms with Gasteiger partial charge in [0.1, 0.15) is 5.76 Å². The van der Waals surface area contributed by atoms with Crippen molar-refractivity contribution in [3.63, 3.8) is 0 Å².